The highest BCUT2D eigenvalue weighted by atomic mass is 32.2. The fourth-order valence-electron chi connectivity index (χ4n) is 2.20. The maximum atomic E-state index is 13.2. The molecule has 0 atom stereocenters. The molecular formula is C16H15FN4O5S3. The van der Waals surface area contributed by atoms with Gasteiger partial charge in [0.25, 0.3) is 20.0 Å². The van der Waals surface area contributed by atoms with Gasteiger partial charge in [-0.3, -0.25) is 0 Å². The van der Waals surface area contributed by atoms with Crippen LogP contribution in [0.1, 0.15) is 5.56 Å². The van der Waals surface area contributed by atoms with Gasteiger partial charge in [-0.05, 0) is 29.8 Å². The van der Waals surface area contributed by atoms with E-state index in [-0.39, 0.29) is 16.6 Å². The van der Waals surface area contributed by atoms with Crippen LogP contribution < -0.4 is 9.44 Å². The van der Waals surface area contributed by atoms with Crippen molar-refractivity contribution < 1.29 is 26.0 Å². The average Bonchev–Trinajstić information content (AvgIpc) is 3.16. The number of hydrogen-bond acceptors (Lipinski definition) is 8. The van der Waals surface area contributed by atoms with Crippen molar-refractivity contribution in [3.63, 3.8) is 0 Å². The summed E-state index contributed by atoms with van der Waals surface area (Å²) in [5.74, 6) is -0.608. The monoisotopic (exact) mass is 458 g/mol. The minimum Gasteiger partial charge on any atom is -0.355 e. The Morgan fingerprint density at radius 3 is 2.24 bits per heavy atom. The van der Waals surface area contributed by atoms with Crippen molar-refractivity contribution in [3.05, 3.63) is 66.0 Å². The van der Waals surface area contributed by atoms with E-state index >= 15 is 0 Å². The number of ether oxygens (including phenoxy) is 1. The summed E-state index contributed by atoms with van der Waals surface area (Å²) in [5.41, 5.74) is 0.800. The molecule has 1 heterocycles. The van der Waals surface area contributed by atoms with Gasteiger partial charge in [-0.25, -0.2) is 30.7 Å². The number of primary sulfonamides is 1. The zero-order chi connectivity index (χ0) is 21.1. The zero-order valence-electron chi connectivity index (χ0n) is 14.7. The van der Waals surface area contributed by atoms with Crippen molar-refractivity contribution in [3.8, 4) is 0 Å². The summed E-state index contributed by atoms with van der Waals surface area (Å²) in [6.45, 7) is -0.384. The smallest absolute Gasteiger partial charge is 0.268 e. The molecule has 3 rings (SSSR count). The Kier molecular flexibility index (Phi) is 6.24. The largest absolute Gasteiger partial charge is 0.355 e. The van der Waals surface area contributed by atoms with Crippen LogP contribution in [0.5, 0.6) is 0 Å². The van der Waals surface area contributed by atoms with E-state index in [0.29, 0.717) is 11.3 Å². The van der Waals surface area contributed by atoms with Gasteiger partial charge in [0.1, 0.15) is 12.5 Å². The molecule has 0 saturated heterocycles. The van der Waals surface area contributed by atoms with Gasteiger partial charge in [0.15, 0.2) is 0 Å². The zero-order valence-corrected chi connectivity index (χ0v) is 17.1. The number of sulfonamides is 2. The molecule has 1 aromatic heterocycles. The van der Waals surface area contributed by atoms with Gasteiger partial charge >= 0.3 is 0 Å². The predicted molar refractivity (Wildman–Crippen MR) is 103 cm³/mol. The Bertz CT molecular complexity index is 1180. The van der Waals surface area contributed by atoms with E-state index in [1.807, 2.05) is 6.07 Å². The molecule has 29 heavy (non-hydrogen) atoms. The highest BCUT2D eigenvalue weighted by Crippen LogP contribution is 2.28. The van der Waals surface area contributed by atoms with E-state index in [0.717, 1.165) is 34.1 Å². The van der Waals surface area contributed by atoms with E-state index in [4.69, 9.17) is 9.88 Å². The number of hydrogen-bond donors (Lipinski definition) is 1. The van der Waals surface area contributed by atoms with E-state index in [1.165, 1.54) is 0 Å². The molecule has 0 fully saturated rings. The second-order valence-corrected chi connectivity index (χ2v) is 10.2. The second-order valence-electron chi connectivity index (χ2n) is 5.67. The van der Waals surface area contributed by atoms with Crippen molar-refractivity contribution in [2.75, 3.05) is 11.0 Å². The standard InChI is InChI=1S/C16H15FN4O5S3/c17-13-6-8-14(9-7-13)29(24,25)21(11-26-10-12-4-2-1-3-5-12)15-19-20-16(27-15)28(18,22)23/h1-9H,10-11H2,(H2,18,22,23). The predicted octanol–water partition coefficient (Wildman–Crippen LogP) is 1.69. The summed E-state index contributed by atoms with van der Waals surface area (Å²) >= 11 is 0.476. The van der Waals surface area contributed by atoms with Crippen LogP contribution in [-0.2, 0) is 31.4 Å². The quantitative estimate of drug-likeness (QED) is 0.508. The van der Waals surface area contributed by atoms with Gasteiger partial charge in [0, 0.05) is 0 Å². The van der Waals surface area contributed by atoms with Gasteiger partial charge in [-0.2, -0.15) is 0 Å². The van der Waals surface area contributed by atoms with E-state index in [9.17, 15) is 21.2 Å². The van der Waals surface area contributed by atoms with E-state index < -0.39 is 36.9 Å². The normalized spacial score (nSPS) is 12.1. The van der Waals surface area contributed by atoms with Crippen LogP contribution in [0, 0.1) is 5.82 Å². The van der Waals surface area contributed by atoms with Crippen LogP contribution in [0.3, 0.4) is 0 Å². The first kappa shape index (κ1) is 21.3. The first-order chi connectivity index (χ1) is 13.7. The number of halogens is 1. The van der Waals surface area contributed by atoms with Crippen molar-refractivity contribution in [1.29, 1.82) is 0 Å². The van der Waals surface area contributed by atoms with Gasteiger partial charge < -0.3 is 4.74 Å². The molecule has 2 N–H and O–H groups in total. The number of aromatic nitrogens is 2. The molecule has 0 saturated carbocycles. The molecule has 154 valence electrons. The Morgan fingerprint density at radius 2 is 1.66 bits per heavy atom. The lowest BCUT2D eigenvalue weighted by Gasteiger charge is -2.21. The minimum absolute atomic E-state index is 0.0944. The number of rotatable bonds is 8. The molecule has 13 heteroatoms. The fourth-order valence-corrected chi connectivity index (χ4v) is 5.11. The number of nitrogens with two attached hydrogens (primary N) is 1. The van der Waals surface area contributed by atoms with Crippen molar-refractivity contribution in [2.24, 2.45) is 5.14 Å². The fraction of sp³-hybridized carbons (Fsp3) is 0.125. The summed E-state index contributed by atoms with van der Waals surface area (Å²) in [6, 6.07) is 13.2. The number of anilines is 1. The highest BCUT2D eigenvalue weighted by molar-refractivity contribution is 7.93. The van der Waals surface area contributed by atoms with Gasteiger partial charge in [-0.1, -0.05) is 41.7 Å². The average molecular weight is 459 g/mol. The maximum absolute atomic E-state index is 13.2. The van der Waals surface area contributed by atoms with Gasteiger partial charge in [0.05, 0.1) is 11.5 Å². The lowest BCUT2D eigenvalue weighted by Crippen LogP contribution is -2.33. The Morgan fingerprint density at radius 1 is 1.00 bits per heavy atom. The molecule has 0 amide bonds. The SMILES string of the molecule is NS(=O)(=O)c1nnc(N(COCc2ccccc2)S(=O)(=O)c2ccc(F)cc2)s1. The third-order valence-corrected chi connectivity index (χ3v) is 7.67. The lowest BCUT2D eigenvalue weighted by molar-refractivity contribution is 0.130. The molecule has 0 aliphatic heterocycles. The third-order valence-electron chi connectivity index (χ3n) is 3.57. The molecule has 0 unspecified atom stereocenters. The summed E-state index contributed by atoms with van der Waals surface area (Å²) in [4.78, 5) is -0.227. The molecular weight excluding hydrogens is 443 g/mol. The molecule has 2 aromatic carbocycles. The Balaban J connectivity index is 1.92. The summed E-state index contributed by atoms with van der Waals surface area (Å²) in [6.07, 6.45) is 0. The minimum atomic E-state index is -4.24. The number of benzene rings is 2. The molecule has 9 nitrogen and oxygen atoms in total. The third kappa shape index (κ3) is 5.13. The van der Waals surface area contributed by atoms with E-state index in [2.05, 4.69) is 10.2 Å². The summed E-state index contributed by atoms with van der Waals surface area (Å²) in [5, 5.41) is 11.8. The van der Waals surface area contributed by atoms with Crippen LogP contribution in [0.15, 0.2) is 63.8 Å². The van der Waals surface area contributed by atoms with Crippen molar-refractivity contribution in [2.45, 2.75) is 15.8 Å². The van der Waals surface area contributed by atoms with Gasteiger partial charge in [0.2, 0.25) is 9.47 Å². The number of nitrogens with zero attached hydrogens (tertiary/aromatic N) is 3. The topological polar surface area (TPSA) is 133 Å². The summed E-state index contributed by atoms with van der Waals surface area (Å²) in [7, 11) is -8.41. The van der Waals surface area contributed by atoms with Crippen LogP contribution in [0.2, 0.25) is 0 Å². The van der Waals surface area contributed by atoms with Crippen LogP contribution in [0.4, 0.5) is 9.52 Å². The second kappa shape index (κ2) is 8.51. The molecule has 0 aliphatic carbocycles. The molecule has 0 spiro atoms. The Hall–Kier alpha value is -2.45. The summed E-state index contributed by atoms with van der Waals surface area (Å²) < 4.78 is 67.9. The highest BCUT2D eigenvalue weighted by Gasteiger charge is 2.30. The molecule has 0 radical (unpaired) electrons. The van der Waals surface area contributed by atoms with Crippen LogP contribution in [0.25, 0.3) is 0 Å². The van der Waals surface area contributed by atoms with Crippen LogP contribution >= 0.6 is 11.3 Å². The lowest BCUT2D eigenvalue weighted by atomic mass is 10.2. The van der Waals surface area contributed by atoms with E-state index in [1.54, 1.807) is 24.3 Å². The van der Waals surface area contributed by atoms with Crippen molar-refractivity contribution in [1.82, 2.24) is 10.2 Å². The van der Waals surface area contributed by atoms with Gasteiger partial charge in [-0.15, -0.1) is 10.2 Å². The molecule has 3 aromatic rings. The first-order valence-electron chi connectivity index (χ1n) is 7.94. The Labute approximate surface area is 170 Å². The first-order valence-corrected chi connectivity index (χ1v) is 11.7. The van der Waals surface area contributed by atoms with Crippen LogP contribution in [-0.4, -0.2) is 33.8 Å². The van der Waals surface area contributed by atoms with Crippen molar-refractivity contribution >= 4 is 36.5 Å². The molecule has 0 bridgehead atoms. The molecule has 0 aliphatic rings. The maximum Gasteiger partial charge on any atom is 0.268 e.